The van der Waals surface area contributed by atoms with Crippen LogP contribution >= 0.6 is 11.3 Å². The summed E-state index contributed by atoms with van der Waals surface area (Å²) in [6, 6.07) is 2.98. The number of ether oxygens (including phenoxy) is 1. The van der Waals surface area contributed by atoms with Crippen molar-refractivity contribution in [2.75, 3.05) is 20.3 Å². The average molecular weight is 279 g/mol. The maximum atomic E-state index is 5.67. The van der Waals surface area contributed by atoms with Gasteiger partial charge in [0.2, 0.25) is 0 Å². The first-order chi connectivity index (χ1) is 9.38. The van der Waals surface area contributed by atoms with Crippen LogP contribution in [0.15, 0.2) is 6.07 Å². The molecule has 0 bridgehead atoms. The molecule has 0 aromatic carbocycles. The average Bonchev–Trinajstić information content (AvgIpc) is 2.71. The molecule has 1 fully saturated rings. The number of aryl methyl sites for hydroxylation is 2. The molecule has 0 radical (unpaired) electrons. The minimum Gasteiger partial charge on any atom is -0.381 e. The summed E-state index contributed by atoms with van der Waals surface area (Å²) in [7, 11) is 2.10. The Bertz CT molecular complexity index is 385. The third kappa shape index (κ3) is 3.04. The van der Waals surface area contributed by atoms with Gasteiger partial charge in [0.1, 0.15) is 0 Å². The Labute approximate surface area is 120 Å². The molecule has 106 valence electrons. The largest absolute Gasteiger partial charge is 0.381 e. The van der Waals surface area contributed by atoms with Gasteiger partial charge in [0.05, 0.1) is 6.61 Å². The van der Waals surface area contributed by atoms with Crippen LogP contribution in [0.25, 0.3) is 0 Å². The molecule has 2 atom stereocenters. The van der Waals surface area contributed by atoms with E-state index in [9.17, 15) is 0 Å². The van der Waals surface area contributed by atoms with Gasteiger partial charge in [-0.1, -0.05) is 6.42 Å². The van der Waals surface area contributed by atoms with Gasteiger partial charge in [-0.2, -0.15) is 0 Å². The van der Waals surface area contributed by atoms with E-state index in [0.717, 1.165) is 13.2 Å². The van der Waals surface area contributed by atoms with Crippen molar-refractivity contribution in [3.63, 3.8) is 0 Å². The van der Waals surface area contributed by atoms with E-state index in [1.165, 1.54) is 44.9 Å². The Kier molecular flexibility index (Phi) is 4.57. The lowest BCUT2D eigenvalue weighted by Crippen LogP contribution is -2.30. The van der Waals surface area contributed by atoms with Gasteiger partial charge in [-0.3, -0.25) is 0 Å². The van der Waals surface area contributed by atoms with Crippen molar-refractivity contribution in [3.8, 4) is 0 Å². The molecule has 1 aliphatic heterocycles. The van der Waals surface area contributed by atoms with Crippen LogP contribution in [0, 0.1) is 5.92 Å². The molecule has 2 heterocycles. The first-order valence-electron chi connectivity index (χ1n) is 7.75. The van der Waals surface area contributed by atoms with Crippen LogP contribution in [0.2, 0.25) is 0 Å². The van der Waals surface area contributed by atoms with Crippen LogP contribution in [-0.4, -0.2) is 20.3 Å². The van der Waals surface area contributed by atoms with Gasteiger partial charge in [0, 0.05) is 28.3 Å². The smallest absolute Gasteiger partial charge is 0.0512 e. The van der Waals surface area contributed by atoms with Crippen LogP contribution in [0.3, 0.4) is 0 Å². The van der Waals surface area contributed by atoms with E-state index in [0.29, 0.717) is 12.0 Å². The van der Waals surface area contributed by atoms with E-state index in [1.54, 1.807) is 15.3 Å². The van der Waals surface area contributed by atoms with E-state index in [1.807, 2.05) is 0 Å². The summed E-state index contributed by atoms with van der Waals surface area (Å²) in [6.07, 6.45) is 9.27. The first-order valence-corrected chi connectivity index (χ1v) is 8.56. The minimum absolute atomic E-state index is 0.497. The molecule has 3 rings (SSSR count). The minimum atomic E-state index is 0.497. The molecule has 0 spiro atoms. The lowest BCUT2D eigenvalue weighted by atomic mass is 9.92. The third-order valence-electron chi connectivity index (χ3n) is 4.55. The van der Waals surface area contributed by atoms with Crippen molar-refractivity contribution in [2.24, 2.45) is 5.92 Å². The Morgan fingerprint density at radius 1 is 1.26 bits per heavy atom. The van der Waals surface area contributed by atoms with E-state index >= 15 is 0 Å². The predicted molar refractivity (Wildman–Crippen MR) is 80.9 cm³/mol. The van der Waals surface area contributed by atoms with Crippen LogP contribution in [-0.2, 0) is 17.6 Å². The number of rotatable bonds is 3. The van der Waals surface area contributed by atoms with E-state index in [4.69, 9.17) is 4.74 Å². The maximum Gasteiger partial charge on any atom is 0.0512 e. The number of nitrogens with one attached hydrogen (secondary N) is 1. The van der Waals surface area contributed by atoms with E-state index < -0.39 is 0 Å². The summed E-state index contributed by atoms with van der Waals surface area (Å²) in [6.45, 7) is 1.88. The second kappa shape index (κ2) is 6.38. The zero-order valence-electron chi connectivity index (χ0n) is 11.9. The molecular formula is C16H25NOS. The Hall–Kier alpha value is -0.380. The summed E-state index contributed by atoms with van der Waals surface area (Å²) in [5.41, 5.74) is 1.63. The molecule has 1 N–H and O–H groups in total. The van der Waals surface area contributed by atoms with Crippen molar-refractivity contribution in [3.05, 3.63) is 21.4 Å². The molecule has 19 heavy (non-hydrogen) atoms. The molecule has 1 aromatic rings. The molecular weight excluding hydrogens is 254 g/mol. The number of fused-ring (bicyclic) bond motifs is 1. The zero-order valence-corrected chi connectivity index (χ0v) is 12.7. The fourth-order valence-corrected chi connectivity index (χ4v) is 4.94. The highest BCUT2D eigenvalue weighted by Crippen LogP contribution is 2.36. The normalized spacial score (nSPS) is 25.6. The Morgan fingerprint density at radius 2 is 2.16 bits per heavy atom. The summed E-state index contributed by atoms with van der Waals surface area (Å²) in [4.78, 5) is 3.20. The maximum absolute atomic E-state index is 5.67. The molecule has 2 nitrogen and oxygen atoms in total. The number of thiophene rings is 1. The monoisotopic (exact) mass is 279 g/mol. The van der Waals surface area contributed by atoms with Crippen molar-refractivity contribution in [2.45, 2.75) is 51.0 Å². The fourth-order valence-electron chi connectivity index (χ4n) is 3.48. The van der Waals surface area contributed by atoms with Gasteiger partial charge in [-0.25, -0.2) is 0 Å². The zero-order chi connectivity index (χ0) is 13.1. The number of hydrogen-bond acceptors (Lipinski definition) is 3. The predicted octanol–water partition coefficient (Wildman–Crippen LogP) is 3.70. The molecule has 2 unspecified atom stereocenters. The van der Waals surface area contributed by atoms with Crippen molar-refractivity contribution in [1.29, 1.82) is 0 Å². The van der Waals surface area contributed by atoms with Gasteiger partial charge in [0.15, 0.2) is 0 Å². The van der Waals surface area contributed by atoms with Crippen molar-refractivity contribution < 1.29 is 4.74 Å². The topological polar surface area (TPSA) is 21.3 Å². The molecule has 1 aromatic heterocycles. The highest BCUT2D eigenvalue weighted by molar-refractivity contribution is 7.12. The molecule has 1 saturated heterocycles. The van der Waals surface area contributed by atoms with E-state index in [2.05, 4.69) is 29.8 Å². The highest BCUT2D eigenvalue weighted by atomic mass is 32.1. The van der Waals surface area contributed by atoms with Crippen LogP contribution in [0.5, 0.6) is 0 Å². The Morgan fingerprint density at radius 3 is 2.95 bits per heavy atom. The van der Waals surface area contributed by atoms with Crippen LogP contribution in [0.1, 0.15) is 53.5 Å². The molecule has 0 saturated carbocycles. The van der Waals surface area contributed by atoms with Crippen LogP contribution < -0.4 is 5.32 Å². The molecule has 1 aliphatic carbocycles. The fraction of sp³-hybridized carbons (Fsp3) is 0.750. The SMILES string of the molecule is CNC(c1cc2c(s1)CCCCC2)C1CCCOC1. The molecule has 2 aliphatic rings. The van der Waals surface area contributed by atoms with Crippen molar-refractivity contribution in [1.82, 2.24) is 5.32 Å². The summed E-state index contributed by atoms with van der Waals surface area (Å²) in [5, 5.41) is 3.54. The summed E-state index contributed by atoms with van der Waals surface area (Å²) in [5.74, 6) is 0.654. The summed E-state index contributed by atoms with van der Waals surface area (Å²) >= 11 is 2.06. The molecule has 3 heteroatoms. The summed E-state index contributed by atoms with van der Waals surface area (Å²) < 4.78 is 5.67. The lowest BCUT2D eigenvalue weighted by molar-refractivity contribution is 0.0407. The van der Waals surface area contributed by atoms with Gasteiger partial charge >= 0.3 is 0 Å². The highest BCUT2D eigenvalue weighted by Gasteiger charge is 2.26. The number of hydrogen-bond donors (Lipinski definition) is 1. The van der Waals surface area contributed by atoms with Gasteiger partial charge < -0.3 is 10.1 Å². The quantitative estimate of drug-likeness (QED) is 0.852. The van der Waals surface area contributed by atoms with Gasteiger partial charge in [-0.05, 0) is 57.2 Å². The lowest BCUT2D eigenvalue weighted by Gasteiger charge is -2.29. The van der Waals surface area contributed by atoms with E-state index in [-0.39, 0.29) is 0 Å². The third-order valence-corrected chi connectivity index (χ3v) is 5.87. The molecule has 0 amide bonds. The Balaban J connectivity index is 1.79. The van der Waals surface area contributed by atoms with Gasteiger partial charge in [-0.15, -0.1) is 11.3 Å². The van der Waals surface area contributed by atoms with Gasteiger partial charge in [0.25, 0.3) is 0 Å². The second-order valence-electron chi connectivity index (χ2n) is 5.90. The standard InChI is InChI=1S/C16H25NOS/c1-17-16(13-7-5-9-18-11-13)15-10-12-6-3-2-4-8-14(12)19-15/h10,13,16-17H,2-9,11H2,1H3. The van der Waals surface area contributed by atoms with Crippen LogP contribution in [0.4, 0.5) is 0 Å². The van der Waals surface area contributed by atoms with Crippen molar-refractivity contribution >= 4 is 11.3 Å². The second-order valence-corrected chi connectivity index (χ2v) is 7.07. The first kappa shape index (κ1) is 13.6.